The molecule has 1 N–H and O–H groups in total. The molecular formula is C22H29N3O2. The van der Waals surface area contributed by atoms with Gasteiger partial charge in [-0.3, -0.25) is 9.78 Å². The Bertz CT molecular complexity index is 763. The normalized spacial score (nSPS) is 16.8. The van der Waals surface area contributed by atoms with E-state index in [4.69, 9.17) is 4.74 Å². The van der Waals surface area contributed by atoms with E-state index in [1.54, 1.807) is 13.3 Å². The Balaban J connectivity index is 1.62. The Kier molecular flexibility index (Phi) is 6.69. The smallest absolute Gasteiger partial charge is 0.252 e. The molecule has 1 fully saturated rings. The van der Waals surface area contributed by atoms with E-state index in [1.807, 2.05) is 36.5 Å². The van der Waals surface area contributed by atoms with Crippen LogP contribution < -0.4 is 15.0 Å². The zero-order chi connectivity index (χ0) is 19.1. The second-order valence-corrected chi connectivity index (χ2v) is 7.00. The number of ether oxygens (including phenoxy) is 1. The first-order valence-corrected chi connectivity index (χ1v) is 9.84. The number of pyridine rings is 1. The zero-order valence-corrected chi connectivity index (χ0v) is 16.3. The Morgan fingerprint density at radius 3 is 2.96 bits per heavy atom. The Morgan fingerprint density at radius 2 is 2.15 bits per heavy atom. The number of anilines is 1. The van der Waals surface area contributed by atoms with E-state index in [1.165, 1.54) is 19.3 Å². The van der Waals surface area contributed by atoms with Gasteiger partial charge in [0.2, 0.25) is 0 Å². The van der Waals surface area contributed by atoms with Crippen LogP contribution in [0, 0.1) is 0 Å². The van der Waals surface area contributed by atoms with Crippen molar-refractivity contribution in [1.82, 2.24) is 10.3 Å². The second kappa shape index (κ2) is 9.40. The molecule has 3 rings (SSSR count). The molecule has 1 unspecified atom stereocenters. The number of nitrogens with one attached hydrogen (secondary N) is 1. The summed E-state index contributed by atoms with van der Waals surface area (Å²) in [6.07, 6.45) is 9.07. The molecular weight excluding hydrogens is 338 g/mol. The van der Waals surface area contributed by atoms with Crippen molar-refractivity contribution in [1.29, 1.82) is 0 Å². The lowest BCUT2D eigenvalue weighted by molar-refractivity contribution is 0.0953. The van der Waals surface area contributed by atoms with Crippen LogP contribution in [0.1, 0.15) is 48.5 Å². The maximum absolute atomic E-state index is 12.6. The largest absolute Gasteiger partial charge is 0.496 e. The van der Waals surface area contributed by atoms with Gasteiger partial charge in [-0.1, -0.05) is 25.1 Å². The molecule has 0 bridgehead atoms. The van der Waals surface area contributed by atoms with Crippen molar-refractivity contribution in [3.63, 3.8) is 0 Å². The summed E-state index contributed by atoms with van der Waals surface area (Å²) >= 11 is 0. The number of piperidine rings is 1. The third-order valence-electron chi connectivity index (χ3n) is 5.29. The number of hydrogen-bond donors (Lipinski definition) is 1. The second-order valence-electron chi connectivity index (χ2n) is 7.00. The summed E-state index contributed by atoms with van der Waals surface area (Å²) in [4.78, 5) is 19.3. The van der Waals surface area contributed by atoms with Gasteiger partial charge >= 0.3 is 0 Å². The lowest BCUT2D eigenvalue weighted by Crippen LogP contribution is -2.39. The molecule has 0 saturated carbocycles. The van der Waals surface area contributed by atoms with Crippen molar-refractivity contribution < 1.29 is 9.53 Å². The lowest BCUT2D eigenvalue weighted by atomic mass is 9.99. The quantitative estimate of drug-likeness (QED) is 0.808. The summed E-state index contributed by atoms with van der Waals surface area (Å²) in [5, 5.41) is 3.00. The lowest BCUT2D eigenvalue weighted by Gasteiger charge is -2.37. The number of methoxy groups -OCH3 is 1. The highest BCUT2D eigenvalue weighted by molar-refractivity contribution is 5.94. The van der Waals surface area contributed by atoms with Crippen LogP contribution in [0.4, 0.5) is 5.69 Å². The molecule has 5 heteroatoms. The van der Waals surface area contributed by atoms with Crippen molar-refractivity contribution >= 4 is 11.6 Å². The van der Waals surface area contributed by atoms with Gasteiger partial charge in [0.05, 0.1) is 24.6 Å². The van der Waals surface area contributed by atoms with E-state index in [9.17, 15) is 4.79 Å². The van der Waals surface area contributed by atoms with Crippen molar-refractivity contribution in [2.75, 3.05) is 25.1 Å². The number of carbonyl (C=O) groups is 1. The first-order chi connectivity index (χ1) is 13.2. The third-order valence-corrected chi connectivity index (χ3v) is 5.29. The highest BCUT2D eigenvalue weighted by Crippen LogP contribution is 2.26. The average Bonchev–Trinajstić information content (AvgIpc) is 2.74. The molecule has 0 aliphatic carbocycles. The van der Waals surface area contributed by atoms with Crippen LogP contribution in [-0.2, 0) is 6.42 Å². The molecule has 1 atom stereocenters. The van der Waals surface area contributed by atoms with Gasteiger partial charge in [0, 0.05) is 25.3 Å². The first-order valence-electron chi connectivity index (χ1n) is 9.84. The van der Waals surface area contributed by atoms with E-state index in [0.29, 0.717) is 18.2 Å². The van der Waals surface area contributed by atoms with Crippen LogP contribution in [-0.4, -0.2) is 37.1 Å². The number of aromatic nitrogens is 1. The summed E-state index contributed by atoms with van der Waals surface area (Å²) in [7, 11) is 1.67. The average molecular weight is 367 g/mol. The molecule has 1 saturated heterocycles. The van der Waals surface area contributed by atoms with Crippen LogP contribution in [0.2, 0.25) is 0 Å². The predicted molar refractivity (Wildman–Crippen MR) is 109 cm³/mol. The van der Waals surface area contributed by atoms with Gasteiger partial charge in [-0.05, 0) is 49.8 Å². The number of benzene rings is 1. The van der Waals surface area contributed by atoms with Crippen LogP contribution in [0.25, 0.3) is 0 Å². The highest BCUT2D eigenvalue weighted by Gasteiger charge is 2.22. The van der Waals surface area contributed by atoms with E-state index < -0.39 is 0 Å². The Labute approximate surface area is 161 Å². The molecule has 1 aliphatic heterocycles. The monoisotopic (exact) mass is 367 g/mol. The molecule has 0 radical (unpaired) electrons. The van der Waals surface area contributed by atoms with Crippen LogP contribution in [0.3, 0.4) is 0 Å². The van der Waals surface area contributed by atoms with E-state index in [2.05, 4.69) is 22.1 Å². The number of amides is 1. The van der Waals surface area contributed by atoms with Gasteiger partial charge in [0.15, 0.2) is 0 Å². The van der Waals surface area contributed by atoms with Crippen molar-refractivity contribution in [3.05, 3.63) is 53.9 Å². The van der Waals surface area contributed by atoms with Gasteiger partial charge in [0.1, 0.15) is 5.75 Å². The van der Waals surface area contributed by atoms with Crippen LogP contribution >= 0.6 is 0 Å². The SMILES string of the molecule is CCC1CCCCN1c1cncc(C(=O)NCCc2ccccc2OC)c1. The van der Waals surface area contributed by atoms with Crippen LogP contribution in [0.5, 0.6) is 5.75 Å². The summed E-state index contributed by atoms with van der Waals surface area (Å²) in [6.45, 7) is 3.83. The third kappa shape index (κ3) is 4.79. The Morgan fingerprint density at radius 1 is 1.30 bits per heavy atom. The van der Waals surface area contributed by atoms with Gasteiger partial charge < -0.3 is 15.0 Å². The molecule has 2 heterocycles. The van der Waals surface area contributed by atoms with Gasteiger partial charge in [0.25, 0.3) is 5.91 Å². The van der Waals surface area contributed by atoms with E-state index >= 15 is 0 Å². The predicted octanol–water partition coefficient (Wildman–Crippen LogP) is 3.83. The maximum Gasteiger partial charge on any atom is 0.252 e. The molecule has 27 heavy (non-hydrogen) atoms. The molecule has 1 aliphatic rings. The minimum Gasteiger partial charge on any atom is -0.496 e. The molecule has 0 spiro atoms. The number of para-hydroxylation sites is 1. The molecule has 1 aromatic heterocycles. The summed E-state index contributed by atoms with van der Waals surface area (Å²) in [6, 6.07) is 10.4. The van der Waals surface area contributed by atoms with E-state index in [0.717, 1.165) is 36.4 Å². The topological polar surface area (TPSA) is 54.5 Å². The maximum atomic E-state index is 12.6. The highest BCUT2D eigenvalue weighted by atomic mass is 16.5. The zero-order valence-electron chi connectivity index (χ0n) is 16.3. The standard InChI is InChI=1S/C22H29N3O2/c1-3-19-9-6-7-13-25(19)20-14-18(15-23-16-20)22(26)24-12-11-17-8-4-5-10-21(17)27-2/h4-5,8,10,14-16,19H,3,6-7,9,11-13H2,1-2H3,(H,24,26). The van der Waals surface area contributed by atoms with Gasteiger partial charge in [-0.15, -0.1) is 0 Å². The summed E-state index contributed by atoms with van der Waals surface area (Å²) in [5.74, 6) is 0.774. The van der Waals surface area contributed by atoms with Crippen LogP contribution in [0.15, 0.2) is 42.7 Å². The Hall–Kier alpha value is -2.56. The summed E-state index contributed by atoms with van der Waals surface area (Å²) < 4.78 is 5.36. The number of hydrogen-bond acceptors (Lipinski definition) is 4. The molecule has 144 valence electrons. The van der Waals surface area contributed by atoms with Crippen molar-refractivity contribution in [2.24, 2.45) is 0 Å². The first kappa shape index (κ1) is 19.2. The molecule has 1 aromatic carbocycles. The van der Waals surface area contributed by atoms with Crippen molar-refractivity contribution in [2.45, 2.75) is 45.1 Å². The van der Waals surface area contributed by atoms with Gasteiger partial charge in [-0.2, -0.15) is 0 Å². The molecule has 1 amide bonds. The number of nitrogens with zero attached hydrogens (tertiary/aromatic N) is 2. The fourth-order valence-electron chi connectivity index (χ4n) is 3.80. The number of carbonyl (C=O) groups excluding carboxylic acids is 1. The fraction of sp³-hybridized carbons (Fsp3) is 0.455. The minimum atomic E-state index is -0.0793. The minimum absolute atomic E-state index is 0.0793. The molecule has 5 nitrogen and oxygen atoms in total. The number of rotatable bonds is 7. The summed E-state index contributed by atoms with van der Waals surface area (Å²) in [5.41, 5.74) is 2.76. The molecule has 2 aromatic rings. The van der Waals surface area contributed by atoms with E-state index in [-0.39, 0.29) is 5.91 Å². The van der Waals surface area contributed by atoms with Gasteiger partial charge in [-0.25, -0.2) is 0 Å². The van der Waals surface area contributed by atoms with Crippen molar-refractivity contribution in [3.8, 4) is 5.75 Å². The fourth-order valence-corrected chi connectivity index (χ4v) is 3.80.